The molecular weight excluding hydrogens is 264 g/mol. The van der Waals surface area contributed by atoms with Crippen molar-refractivity contribution in [2.45, 2.75) is 13.5 Å². The van der Waals surface area contributed by atoms with Crippen LogP contribution in [0.4, 0.5) is 5.95 Å². The summed E-state index contributed by atoms with van der Waals surface area (Å²) in [5.41, 5.74) is 2.89. The lowest BCUT2D eigenvalue weighted by molar-refractivity contribution is 0.756. The molecule has 0 fully saturated rings. The maximum Gasteiger partial charge on any atom is 0.243 e. The molecule has 0 saturated carbocycles. The summed E-state index contributed by atoms with van der Waals surface area (Å²) in [5.74, 6) is 0.575. The van der Waals surface area contributed by atoms with Crippen LogP contribution in [0.3, 0.4) is 0 Å². The lowest BCUT2D eigenvalue weighted by Crippen LogP contribution is -2.01. The highest BCUT2D eigenvalue weighted by Crippen LogP contribution is 2.12. The van der Waals surface area contributed by atoms with Crippen molar-refractivity contribution in [1.29, 1.82) is 0 Å². The van der Waals surface area contributed by atoms with Crippen molar-refractivity contribution in [1.82, 2.24) is 24.4 Å². The van der Waals surface area contributed by atoms with Crippen molar-refractivity contribution in [3.8, 4) is 0 Å². The third kappa shape index (κ3) is 2.39. The number of rotatable bonds is 3. The van der Waals surface area contributed by atoms with E-state index in [0.29, 0.717) is 17.5 Å². The first kappa shape index (κ1) is 12.0. The van der Waals surface area contributed by atoms with E-state index in [-0.39, 0.29) is 0 Å². The number of anilines is 1. The number of nitrogens with zero attached hydrogens (tertiary/aromatic N) is 5. The van der Waals surface area contributed by atoms with Crippen molar-refractivity contribution in [2.75, 3.05) is 5.32 Å². The van der Waals surface area contributed by atoms with E-state index in [1.807, 2.05) is 26.2 Å². The number of nitrogens with one attached hydrogen (secondary N) is 1. The van der Waals surface area contributed by atoms with E-state index in [1.165, 1.54) is 0 Å². The molecule has 6 nitrogen and oxygen atoms in total. The van der Waals surface area contributed by atoms with Gasteiger partial charge >= 0.3 is 0 Å². The molecule has 3 heterocycles. The van der Waals surface area contributed by atoms with Crippen LogP contribution < -0.4 is 5.32 Å². The van der Waals surface area contributed by atoms with Gasteiger partial charge in [0, 0.05) is 31.5 Å². The number of hydrogen-bond acceptors (Lipinski definition) is 4. The molecule has 0 amide bonds. The fourth-order valence-electron chi connectivity index (χ4n) is 1.93. The van der Waals surface area contributed by atoms with Crippen LogP contribution in [0.25, 0.3) is 5.65 Å². The number of halogens is 1. The average Bonchev–Trinajstić information content (AvgIpc) is 2.89. The summed E-state index contributed by atoms with van der Waals surface area (Å²) in [5, 5.41) is 12.4. The predicted molar refractivity (Wildman–Crippen MR) is 73.3 cm³/mol. The lowest BCUT2D eigenvalue weighted by Gasteiger charge is -1.98. The van der Waals surface area contributed by atoms with Gasteiger partial charge in [-0.2, -0.15) is 10.1 Å². The maximum atomic E-state index is 5.90. The molecule has 19 heavy (non-hydrogen) atoms. The van der Waals surface area contributed by atoms with Crippen molar-refractivity contribution in [2.24, 2.45) is 7.05 Å². The molecule has 0 saturated heterocycles. The highest BCUT2D eigenvalue weighted by molar-refractivity contribution is 6.30. The quantitative estimate of drug-likeness (QED) is 0.795. The zero-order valence-corrected chi connectivity index (χ0v) is 11.4. The van der Waals surface area contributed by atoms with Gasteiger partial charge in [0.15, 0.2) is 5.65 Å². The summed E-state index contributed by atoms with van der Waals surface area (Å²) in [7, 11) is 1.90. The number of aromatic nitrogens is 5. The minimum atomic E-state index is 0.575. The monoisotopic (exact) mass is 276 g/mol. The Balaban J connectivity index is 1.80. The van der Waals surface area contributed by atoms with E-state index in [1.54, 1.807) is 21.5 Å². The summed E-state index contributed by atoms with van der Waals surface area (Å²) in [6.07, 6.45) is 3.71. The SMILES string of the molecule is Cc1nn(C)cc1CNc1nc2ccc(Cl)cn2n1. The molecule has 0 atom stereocenters. The van der Waals surface area contributed by atoms with E-state index in [4.69, 9.17) is 11.6 Å². The van der Waals surface area contributed by atoms with E-state index in [2.05, 4.69) is 20.5 Å². The average molecular weight is 277 g/mol. The van der Waals surface area contributed by atoms with E-state index >= 15 is 0 Å². The normalized spacial score (nSPS) is 11.1. The summed E-state index contributed by atoms with van der Waals surface area (Å²) < 4.78 is 3.45. The van der Waals surface area contributed by atoms with Crippen LogP contribution in [-0.4, -0.2) is 24.4 Å². The molecule has 3 aromatic heterocycles. The second-order valence-corrected chi connectivity index (χ2v) is 4.79. The predicted octanol–water partition coefficient (Wildman–Crippen LogP) is 2.04. The topological polar surface area (TPSA) is 60.0 Å². The van der Waals surface area contributed by atoms with Crippen molar-refractivity contribution >= 4 is 23.2 Å². The van der Waals surface area contributed by atoms with E-state index < -0.39 is 0 Å². The molecule has 0 spiro atoms. The molecule has 0 aliphatic carbocycles. The Bertz CT molecular complexity index is 729. The van der Waals surface area contributed by atoms with Crippen LogP contribution in [0, 0.1) is 6.92 Å². The Morgan fingerprint density at radius 1 is 1.26 bits per heavy atom. The number of pyridine rings is 1. The number of hydrogen-bond donors (Lipinski definition) is 1. The number of aryl methyl sites for hydroxylation is 2. The molecule has 0 unspecified atom stereocenters. The van der Waals surface area contributed by atoms with E-state index in [9.17, 15) is 0 Å². The molecule has 0 aliphatic heterocycles. The zero-order valence-electron chi connectivity index (χ0n) is 10.6. The molecule has 7 heteroatoms. The Hall–Kier alpha value is -2.08. The van der Waals surface area contributed by atoms with Crippen molar-refractivity contribution < 1.29 is 0 Å². The van der Waals surface area contributed by atoms with Gasteiger partial charge in [0.2, 0.25) is 5.95 Å². The molecule has 3 rings (SSSR count). The van der Waals surface area contributed by atoms with Gasteiger partial charge in [-0.25, -0.2) is 4.52 Å². The lowest BCUT2D eigenvalue weighted by atomic mass is 10.3. The zero-order chi connectivity index (χ0) is 13.4. The maximum absolute atomic E-state index is 5.90. The number of fused-ring (bicyclic) bond motifs is 1. The van der Waals surface area contributed by atoms with Crippen molar-refractivity contribution in [3.05, 3.63) is 40.8 Å². The van der Waals surface area contributed by atoms with Gasteiger partial charge in [0.05, 0.1) is 10.7 Å². The van der Waals surface area contributed by atoms with Gasteiger partial charge in [0.25, 0.3) is 0 Å². The van der Waals surface area contributed by atoms with Crippen LogP contribution in [0.5, 0.6) is 0 Å². The van der Waals surface area contributed by atoms with Crippen molar-refractivity contribution in [3.63, 3.8) is 0 Å². The first-order chi connectivity index (χ1) is 9.11. The Morgan fingerprint density at radius 3 is 2.84 bits per heavy atom. The summed E-state index contributed by atoms with van der Waals surface area (Å²) in [6, 6.07) is 3.62. The third-order valence-electron chi connectivity index (χ3n) is 2.85. The first-order valence-corrected chi connectivity index (χ1v) is 6.24. The molecule has 1 N–H and O–H groups in total. The molecule has 98 valence electrons. The molecule has 0 aliphatic rings. The Morgan fingerprint density at radius 2 is 2.11 bits per heavy atom. The summed E-state index contributed by atoms with van der Waals surface area (Å²) in [6.45, 7) is 2.62. The van der Waals surface area contributed by atoms with E-state index in [0.717, 1.165) is 16.9 Å². The molecule has 0 radical (unpaired) electrons. The Labute approximate surface area is 115 Å². The molecular formula is C12H13ClN6. The highest BCUT2D eigenvalue weighted by atomic mass is 35.5. The summed E-state index contributed by atoms with van der Waals surface area (Å²) in [4.78, 5) is 4.36. The van der Waals surface area contributed by atoms with Gasteiger partial charge in [-0.1, -0.05) is 11.6 Å². The van der Waals surface area contributed by atoms with Crippen LogP contribution >= 0.6 is 11.6 Å². The largest absolute Gasteiger partial charge is 0.349 e. The Kier molecular flexibility index (Phi) is 2.87. The van der Waals surface area contributed by atoms with Crippen LogP contribution in [-0.2, 0) is 13.6 Å². The van der Waals surface area contributed by atoms with Gasteiger partial charge < -0.3 is 5.32 Å². The standard InChI is InChI=1S/C12H13ClN6/c1-8-9(6-18(2)16-8)5-14-12-15-11-4-3-10(13)7-19(11)17-12/h3-4,6-7H,5H2,1-2H3,(H,14,17). The van der Waals surface area contributed by atoms with Gasteiger partial charge in [-0.3, -0.25) is 4.68 Å². The second kappa shape index (κ2) is 4.55. The van der Waals surface area contributed by atoms with Crippen LogP contribution in [0.15, 0.2) is 24.5 Å². The molecule has 3 aromatic rings. The van der Waals surface area contributed by atoms with Gasteiger partial charge in [0.1, 0.15) is 0 Å². The third-order valence-corrected chi connectivity index (χ3v) is 3.07. The second-order valence-electron chi connectivity index (χ2n) is 4.35. The van der Waals surface area contributed by atoms with Gasteiger partial charge in [-0.15, -0.1) is 5.10 Å². The summed E-state index contributed by atoms with van der Waals surface area (Å²) >= 11 is 5.90. The fraction of sp³-hybridized carbons (Fsp3) is 0.250. The fourth-order valence-corrected chi connectivity index (χ4v) is 2.08. The minimum Gasteiger partial charge on any atom is -0.349 e. The minimum absolute atomic E-state index is 0.575. The highest BCUT2D eigenvalue weighted by Gasteiger charge is 2.06. The van der Waals surface area contributed by atoms with Gasteiger partial charge in [-0.05, 0) is 19.1 Å². The van der Waals surface area contributed by atoms with Crippen LogP contribution in [0.2, 0.25) is 5.02 Å². The van der Waals surface area contributed by atoms with Crippen LogP contribution in [0.1, 0.15) is 11.3 Å². The molecule has 0 bridgehead atoms. The smallest absolute Gasteiger partial charge is 0.243 e. The molecule has 0 aromatic carbocycles. The first-order valence-electron chi connectivity index (χ1n) is 5.87.